The van der Waals surface area contributed by atoms with Crippen LogP contribution in [-0.2, 0) is 0 Å². The highest BCUT2D eigenvalue weighted by Gasteiger charge is 2.17. The monoisotopic (exact) mass is 285 g/mol. The second kappa shape index (κ2) is 6.72. The molecule has 4 N–H and O–H groups in total. The Hall–Kier alpha value is -1.34. The van der Waals surface area contributed by atoms with Crippen LogP contribution in [0.25, 0.3) is 0 Å². The first kappa shape index (κ1) is 15.7. The van der Waals surface area contributed by atoms with E-state index in [1.807, 2.05) is 39.8 Å². The number of nitrogens with zero attached hydrogens (tertiary/aromatic N) is 2. The summed E-state index contributed by atoms with van der Waals surface area (Å²) in [7, 11) is 3.95. The molecule has 7 heteroatoms. The first-order chi connectivity index (χ1) is 8.81. The van der Waals surface area contributed by atoms with Crippen molar-refractivity contribution in [1.29, 1.82) is 0 Å². The third-order valence-electron chi connectivity index (χ3n) is 2.71. The van der Waals surface area contributed by atoms with Crippen molar-refractivity contribution in [1.82, 2.24) is 15.2 Å². The molecular formula is C12H23N5OS. The second-order valence-electron chi connectivity index (χ2n) is 5.06. The molecule has 0 aliphatic rings. The van der Waals surface area contributed by atoms with Crippen LogP contribution in [0.1, 0.15) is 30.4 Å². The zero-order valence-corrected chi connectivity index (χ0v) is 13.0. The molecule has 19 heavy (non-hydrogen) atoms. The summed E-state index contributed by atoms with van der Waals surface area (Å²) in [5, 5.41) is 6.69. The third-order valence-corrected chi connectivity index (χ3v) is 3.71. The summed E-state index contributed by atoms with van der Waals surface area (Å²) in [4.78, 5) is 18.7. The molecule has 1 aromatic rings. The fraction of sp³-hybridized carbons (Fsp3) is 0.667. The van der Waals surface area contributed by atoms with E-state index in [2.05, 4.69) is 15.6 Å². The molecule has 1 rings (SSSR count). The zero-order chi connectivity index (χ0) is 14.6. The van der Waals surface area contributed by atoms with Gasteiger partial charge in [0.25, 0.3) is 5.91 Å². The zero-order valence-electron chi connectivity index (χ0n) is 12.2. The molecule has 0 aliphatic heterocycles. The fourth-order valence-corrected chi connectivity index (χ4v) is 2.25. The van der Waals surface area contributed by atoms with Crippen molar-refractivity contribution >= 4 is 28.2 Å². The summed E-state index contributed by atoms with van der Waals surface area (Å²) < 4.78 is 0. The van der Waals surface area contributed by atoms with Crippen molar-refractivity contribution in [2.75, 3.05) is 31.7 Å². The first-order valence-corrected chi connectivity index (χ1v) is 7.10. The maximum Gasteiger partial charge on any atom is 0.265 e. The van der Waals surface area contributed by atoms with E-state index in [9.17, 15) is 4.79 Å². The van der Waals surface area contributed by atoms with Gasteiger partial charge in [0, 0.05) is 18.6 Å². The number of hydrogen-bond acceptors (Lipinski definition) is 6. The van der Waals surface area contributed by atoms with E-state index in [1.54, 1.807) is 0 Å². The number of likely N-dealkylation sites (N-methyl/N-ethyl adjacent to an activating group) is 1. The molecule has 0 aromatic carbocycles. The predicted molar refractivity (Wildman–Crippen MR) is 80.8 cm³/mol. The standard InChI is InChI=1S/C12H23N5OS/c1-7(2)15-12-16-10(13)9(19-12)11(18)14-6-8(3)17(4)5/h7-8H,6,13H2,1-5H3,(H,14,18)(H,15,16). The van der Waals surface area contributed by atoms with Crippen LogP contribution in [0.15, 0.2) is 0 Å². The van der Waals surface area contributed by atoms with Gasteiger partial charge in [0.15, 0.2) is 5.13 Å². The maximum absolute atomic E-state index is 12.0. The Labute approximate surface area is 118 Å². The Morgan fingerprint density at radius 1 is 1.42 bits per heavy atom. The van der Waals surface area contributed by atoms with Crippen molar-refractivity contribution in [3.05, 3.63) is 4.88 Å². The van der Waals surface area contributed by atoms with Crippen LogP contribution in [0.5, 0.6) is 0 Å². The topological polar surface area (TPSA) is 83.3 Å². The maximum atomic E-state index is 12.0. The van der Waals surface area contributed by atoms with Crippen molar-refractivity contribution in [2.24, 2.45) is 0 Å². The van der Waals surface area contributed by atoms with E-state index in [0.717, 1.165) is 0 Å². The molecule has 108 valence electrons. The van der Waals surface area contributed by atoms with E-state index >= 15 is 0 Å². The van der Waals surface area contributed by atoms with Gasteiger partial charge in [-0.1, -0.05) is 11.3 Å². The van der Waals surface area contributed by atoms with Crippen LogP contribution in [-0.4, -0.2) is 48.5 Å². The lowest BCUT2D eigenvalue weighted by atomic mass is 10.3. The quantitative estimate of drug-likeness (QED) is 0.732. The van der Waals surface area contributed by atoms with Gasteiger partial charge < -0.3 is 21.3 Å². The van der Waals surface area contributed by atoms with Crippen molar-refractivity contribution in [2.45, 2.75) is 32.9 Å². The summed E-state index contributed by atoms with van der Waals surface area (Å²) >= 11 is 1.28. The van der Waals surface area contributed by atoms with Gasteiger partial charge in [-0.25, -0.2) is 4.98 Å². The molecule has 0 saturated carbocycles. The highest BCUT2D eigenvalue weighted by molar-refractivity contribution is 7.18. The van der Waals surface area contributed by atoms with Gasteiger partial charge in [0.05, 0.1) is 0 Å². The number of carbonyl (C=O) groups excluding carboxylic acids is 1. The van der Waals surface area contributed by atoms with Crippen LogP contribution in [0.3, 0.4) is 0 Å². The van der Waals surface area contributed by atoms with Gasteiger partial charge in [-0.2, -0.15) is 0 Å². The minimum atomic E-state index is -0.166. The Morgan fingerprint density at radius 3 is 2.58 bits per heavy atom. The molecule has 0 radical (unpaired) electrons. The lowest BCUT2D eigenvalue weighted by Gasteiger charge is -2.19. The van der Waals surface area contributed by atoms with E-state index in [1.165, 1.54) is 11.3 Å². The average Bonchev–Trinajstić information content (AvgIpc) is 2.65. The number of rotatable bonds is 6. The third kappa shape index (κ3) is 4.68. The Balaban J connectivity index is 2.64. The second-order valence-corrected chi connectivity index (χ2v) is 6.05. The molecule has 1 unspecified atom stereocenters. The molecule has 6 nitrogen and oxygen atoms in total. The lowest BCUT2D eigenvalue weighted by molar-refractivity contribution is 0.0948. The van der Waals surface area contributed by atoms with Gasteiger partial charge in [0.1, 0.15) is 10.7 Å². The summed E-state index contributed by atoms with van der Waals surface area (Å²) in [6, 6.07) is 0.529. The van der Waals surface area contributed by atoms with Crippen LogP contribution >= 0.6 is 11.3 Å². The lowest BCUT2D eigenvalue weighted by Crippen LogP contribution is -2.38. The number of nitrogens with one attached hydrogen (secondary N) is 2. The molecule has 1 atom stereocenters. The molecule has 0 fully saturated rings. The first-order valence-electron chi connectivity index (χ1n) is 6.28. The SMILES string of the molecule is CC(C)Nc1nc(N)c(C(=O)NCC(C)N(C)C)s1. The fourth-order valence-electron chi connectivity index (χ4n) is 1.31. The summed E-state index contributed by atoms with van der Waals surface area (Å²) in [5.41, 5.74) is 5.77. The Morgan fingerprint density at radius 2 is 2.05 bits per heavy atom. The molecule has 0 spiro atoms. The molecule has 0 bridgehead atoms. The smallest absolute Gasteiger partial charge is 0.265 e. The number of nitrogen functional groups attached to an aromatic ring is 1. The van der Waals surface area contributed by atoms with Crippen molar-refractivity contribution in [3.63, 3.8) is 0 Å². The summed E-state index contributed by atoms with van der Waals surface area (Å²) in [5.74, 6) is 0.115. The molecule has 1 heterocycles. The normalized spacial score (nSPS) is 12.8. The molecule has 1 amide bonds. The number of aromatic nitrogens is 1. The highest BCUT2D eigenvalue weighted by atomic mass is 32.1. The number of amides is 1. The van der Waals surface area contributed by atoms with Crippen LogP contribution < -0.4 is 16.4 Å². The summed E-state index contributed by atoms with van der Waals surface area (Å²) in [6.45, 7) is 6.64. The minimum absolute atomic E-state index is 0.166. The average molecular weight is 285 g/mol. The molecule has 0 saturated heterocycles. The number of carbonyl (C=O) groups is 1. The van der Waals surface area contributed by atoms with E-state index in [0.29, 0.717) is 16.6 Å². The molecular weight excluding hydrogens is 262 g/mol. The highest BCUT2D eigenvalue weighted by Crippen LogP contribution is 2.25. The van der Waals surface area contributed by atoms with Crippen LogP contribution in [0.2, 0.25) is 0 Å². The van der Waals surface area contributed by atoms with Gasteiger partial charge >= 0.3 is 0 Å². The molecule has 1 aromatic heterocycles. The van der Waals surface area contributed by atoms with E-state index in [4.69, 9.17) is 5.73 Å². The minimum Gasteiger partial charge on any atom is -0.382 e. The summed E-state index contributed by atoms with van der Waals surface area (Å²) in [6.07, 6.45) is 0. The van der Waals surface area contributed by atoms with Crippen LogP contribution in [0, 0.1) is 0 Å². The van der Waals surface area contributed by atoms with Gasteiger partial charge in [-0.05, 0) is 34.9 Å². The van der Waals surface area contributed by atoms with E-state index < -0.39 is 0 Å². The van der Waals surface area contributed by atoms with Crippen molar-refractivity contribution in [3.8, 4) is 0 Å². The van der Waals surface area contributed by atoms with Gasteiger partial charge in [-0.3, -0.25) is 4.79 Å². The Kier molecular flexibility index (Phi) is 5.56. The number of hydrogen-bond donors (Lipinski definition) is 3. The molecule has 0 aliphatic carbocycles. The predicted octanol–water partition coefficient (Wildman–Crippen LogP) is 1.23. The van der Waals surface area contributed by atoms with Gasteiger partial charge in [-0.15, -0.1) is 0 Å². The van der Waals surface area contributed by atoms with Crippen molar-refractivity contribution < 1.29 is 4.79 Å². The number of nitrogens with two attached hydrogens (primary N) is 1. The largest absolute Gasteiger partial charge is 0.382 e. The number of anilines is 2. The van der Waals surface area contributed by atoms with E-state index in [-0.39, 0.29) is 23.8 Å². The Bertz CT molecular complexity index is 430. The van der Waals surface area contributed by atoms with Crippen LogP contribution in [0.4, 0.5) is 10.9 Å². The number of thiazole rings is 1. The van der Waals surface area contributed by atoms with Gasteiger partial charge in [0.2, 0.25) is 0 Å².